The number of thiophene rings is 2. The van der Waals surface area contributed by atoms with Crippen molar-refractivity contribution in [2.75, 3.05) is 0 Å². The first-order chi connectivity index (χ1) is 19.4. The Hall–Kier alpha value is -4.58. The van der Waals surface area contributed by atoms with Gasteiger partial charge in [0.25, 0.3) is 0 Å². The van der Waals surface area contributed by atoms with E-state index in [0.717, 1.165) is 10.2 Å². The van der Waals surface area contributed by atoms with Gasteiger partial charge in [0.05, 0.1) is 15.7 Å². The van der Waals surface area contributed by atoms with Crippen molar-refractivity contribution in [3.8, 4) is 16.8 Å². The highest BCUT2D eigenvalue weighted by Gasteiger charge is 2.24. The molecule has 0 spiro atoms. The van der Waals surface area contributed by atoms with E-state index in [0.29, 0.717) is 0 Å². The minimum Gasteiger partial charge on any atom is -0.308 e. The van der Waals surface area contributed by atoms with Gasteiger partial charge in [-0.15, -0.1) is 22.7 Å². The molecule has 182 valence electrons. The van der Waals surface area contributed by atoms with Gasteiger partial charge < -0.3 is 4.57 Å². The fourth-order valence-electron chi connectivity index (χ4n) is 6.11. The number of para-hydroxylation sites is 1. The van der Waals surface area contributed by atoms with Gasteiger partial charge in [0, 0.05) is 53.6 Å². The second kappa shape index (κ2) is 7.96. The lowest BCUT2D eigenvalue weighted by Gasteiger charge is -2.10. The van der Waals surface area contributed by atoms with E-state index in [-0.39, 0.29) is 0 Å². The lowest BCUT2D eigenvalue weighted by Crippen LogP contribution is -1.94. The number of hydrogen-bond acceptors (Lipinski definition) is 4. The van der Waals surface area contributed by atoms with Gasteiger partial charge >= 0.3 is 0 Å². The zero-order chi connectivity index (χ0) is 25.5. The van der Waals surface area contributed by atoms with E-state index in [1.54, 1.807) is 17.7 Å². The monoisotopic (exact) mass is 533 g/mol. The summed E-state index contributed by atoms with van der Waals surface area (Å²) in [5, 5.41) is 7.58. The van der Waals surface area contributed by atoms with Gasteiger partial charge in [0.2, 0.25) is 0 Å². The summed E-state index contributed by atoms with van der Waals surface area (Å²) in [5.41, 5.74) is 6.10. The van der Waals surface area contributed by atoms with Crippen LogP contribution in [0.1, 0.15) is 0 Å². The fraction of sp³-hybridized carbons (Fsp3) is 0. The molecular weight excluding hydrogens is 515 g/mol. The maximum Gasteiger partial charge on any atom is 0.127 e. The molecule has 9 aromatic rings. The van der Waals surface area contributed by atoms with Crippen LogP contribution in [-0.2, 0) is 0 Å². The number of hydrogen-bond donors (Lipinski definition) is 0. The summed E-state index contributed by atoms with van der Waals surface area (Å²) in [6.45, 7) is 0. The lowest BCUT2D eigenvalue weighted by atomic mass is 10.0. The average molecular weight is 534 g/mol. The summed E-state index contributed by atoms with van der Waals surface area (Å²) in [4.78, 5) is 10.1. The summed E-state index contributed by atoms with van der Waals surface area (Å²) >= 11 is 3.67. The molecule has 4 heterocycles. The highest BCUT2D eigenvalue weighted by Crippen LogP contribution is 2.51. The van der Waals surface area contributed by atoms with Gasteiger partial charge in [-0.2, -0.15) is 0 Å². The molecule has 3 nitrogen and oxygen atoms in total. The minimum absolute atomic E-state index is 1.04. The molecule has 0 fully saturated rings. The van der Waals surface area contributed by atoms with Crippen LogP contribution in [0.5, 0.6) is 0 Å². The molecule has 5 aromatic carbocycles. The van der Waals surface area contributed by atoms with Gasteiger partial charge in [0.1, 0.15) is 11.2 Å². The van der Waals surface area contributed by atoms with Crippen LogP contribution in [0.25, 0.3) is 79.1 Å². The van der Waals surface area contributed by atoms with Crippen LogP contribution in [-0.4, -0.2) is 14.5 Å². The molecule has 39 heavy (non-hydrogen) atoms. The van der Waals surface area contributed by atoms with Crippen LogP contribution in [0.15, 0.2) is 116 Å². The first kappa shape index (κ1) is 21.4. The van der Waals surface area contributed by atoms with Gasteiger partial charge in [-0.3, -0.25) is 0 Å². The van der Waals surface area contributed by atoms with Crippen molar-refractivity contribution in [2.45, 2.75) is 0 Å². The van der Waals surface area contributed by atoms with E-state index < -0.39 is 0 Å². The Balaban J connectivity index is 1.50. The largest absolute Gasteiger partial charge is 0.308 e. The molecular formula is C34H19N3S2. The molecule has 9 rings (SSSR count). The molecule has 0 radical (unpaired) electrons. The topological polar surface area (TPSA) is 30.7 Å². The van der Waals surface area contributed by atoms with Crippen molar-refractivity contribution in [1.82, 2.24) is 14.5 Å². The Morgan fingerprint density at radius 1 is 0.564 bits per heavy atom. The van der Waals surface area contributed by atoms with Gasteiger partial charge in [-0.25, -0.2) is 9.97 Å². The molecule has 0 amide bonds. The van der Waals surface area contributed by atoms with Crippen LogP contribution in [0, 0.1) is 0 Å². The summed E-state index contributed by atoms with van der Waals surface area (Å²) < 4.78 is 6.36. The molecule has 0 N–H and O–H groups in total. The van der Waals surface area contributed by atoms with E-state index in [2.05, 4.69) is 118 Å². The Labute approximate surface area is 231 Å². The van der Waals surface area contributed by atoms with E-state index in [1.807, 2.05) is 17.5 Å². The standard InChI is InChI=1S/C34H19N3S2/c1-2-8-20(9-3-1)21-14-16-22(17-15-21)37-26-12-6-4-10-23(26)30-31(37)33-28(24-11-5-7-13-27(24)38-33)29-25-18-35-19-36-34(25)39-32(29)30/h1-19H. The SMILES string of the molecule is c1ccc(-c2ccc(-n3c4ccccc4c4c5sc6ncncc6c5c5c6ccccc6sc5c43)cc2)cc1. The first-order valence-corrected chi connectivity index (χ1v) is 14.5. The summed E-state index contributed by atoms with van der Waals surface area (Å²) in [6, 6.07) is 37.2. The molecule has 0 aliphatic heterocycles. The quantitative estimate of drug-likeness (QED) is 0.221. The Morgan fingerprint density at radius 2 is 1.28 bits per heavy atom. The minimum atomic E-state index is 1.04. The third kappa shape index (κ3) is 2.91. The van der Waals surface area contributed by atoms with Crippen molar-refractivity contribution in [2.24, 2.45) is 0 Å². The van der Waals surface area contributed by atoms with Gasteiger partial charge in [-0.1, -0.05) is 78.9 Å². The molecule has 0 aliphatic carbocycles. The Morgan fingerprint density at radius 3 is 2.15 bits per heavy atom. The number of rotatable bonds is 2. The third-order valence-electron chi connectivity index (χ3n) is 7.77. The van der Waals surface area contributed by atoms with E-state index in [1.165, 1.54) is 68.9 Å². The van der Waals surface area contributed by atoms with Gasteiger partial charge in [0.15, 0.2) is 0 Å². The van der Waals surface area contributed by atoms with Crippen LogP contribution in [0.2, 0.25) is 0 Å². The summed E-state index contributed by atoms with van der Waals surface area (Å²) in [7, 11) is 0. The number of fused-ring (bicyclic) bond motifs is 12. The van der Waals surface area contributed by atoms with Gasteiger partial charge in [-0.05, 0) is 35.4 Å². The highest BCUT2D eigenvalue weighted by molar-refractivity contribution is 7.29. The normalized spacial score (nSPS) is 12.1. The smallest absolute Gasteiger partial charge is 0.127 e. The highest BCUT2D eigenvalue weighted by atomic mass is 32.1. The van der Waals surface area contributed by atoms with Crippen molar-refractivity contribution in [3.63, 3.8) is 0 Å². The zero-order valence-electron chi connectivity index (χ0n) is 20.6. The Bertz CT molecular complexity index is 2380. The van der Waals surface area contributed by atoms with Crippen molar-refractivity contribution >= 4 is 85.0 Å². The zero-order valence-corrected chi connectivity index (χ0v) is 22.3. The Kier molecular flexibility index (Phi) is 4.36. The van der Waals surface area contributed by atoms with E-state index >= 15 is 0 Å². The van der Waals surface area contributed by atoms with Crippen molar-refractivity contribution < 1.29 is 0 Å². The number of nitrogens with zero attached hydrogens (tertiary/aromatic N) is 3. The number of benzene rings is 5. The first-order valence-electron chi connectivity index (χ1n) is 12.9. The van der Waals surface area contributed by atoms with Crippen LogP contribution < -0.4 is 0 Å². The molecule has 0 atom stereocenters. The molecule has 5 heteroatoms. The molecule has 0 saturated heterocycles. The molecule has 4 aromatic heterocycles. The average Bonchev–Trinajstić information content (AvgIpc) is 3.67. The maximum absolute atomic E-state index is 4.68. The van der Waals surface area contributed by atoms with Crippen LogP contribution in [0.3, 0.4) is 0 Å². The fourth-order valence-corrected chi connectivity index (χ4v) is 8.54. The predicted octanol–water partition coefficient (Wildman–Crippen LogP) is 9.98. The second-order valence-corrected chi connectivity index (χ2v) is 11.9. The second-order valence-electron chi connectivity index (χ2n) is 9.84. The molecule has 0 aliphatic rings. The summed E-state index contributed by atoms with van der Waals surface area (Å²) in [6.07, 6.45) is 3.65. The number of aromatic nitrogens is 3. The molecule has 0 bridgehead atoms. The predicted molar refractivity (Wildman–Crippen MR) is 168 cm³/mol. The summed E-state index contributed by atoms with van der Waals surface area (Å²) in [5.74, 6) is 0. The maximum atomic E-state index is 4.68. The lowest BCUT2D eigenvalue weighted by molar-refractivity contribution is 1.19. The third-order valence-corrected chi connectivity index (χ3v) is 10.1. The van der Waals surface area contributed by atoms with E-state index in [4.69, 9.17) is 0 Å². The molecule has 0 saturated carbocycles. The molecule has 0 unspecified atom stereocenters. The van der Waals surface area contributed by atoms with Crippen molar-refractivity contribution in [1.29, 1.82) is 0 Å². The van der Waals surface area contributed by atoms with E-state index in [9.17, 15) is 0 Å². The van der Waals surface area contributed by atoms with Crippen LogP contribution >= 0.6 is 22.7 Å². The van der Waals surface area contributed by atoms with Crippen molar-refractivity contribution in [3.05, 3.63) is 116 Å². The van der Waals surface area contributed by atoms with Crippen LogP contribution in [0.4, 0.5) is 0 Å².